The third-order valence-electron chi connectivity index (χ3n) is 2.09. The van der Waals surface area contributed by atoms with E-state index in [1.165, 1.54) is 16.2 Å². The Morgan fingerprint density at radius 2 is 2.46 bits per heavy atom. The van der Waals surface area contributed by atoms with E-state index in [4.69, 9.17) is 0 Å². The second kappa shape index (κ2) is 3.77. The van der Waals surface area contributed by atoms with E-state index in [9.17, 15) is 4.79 Å². The van der Waals surface area contributed by atoms with Gasteiger partial charge in [-0.2, -0.15) is 0 Å². The third-order valence-corrected chi connectivity index (χ3v) is 3.19. The van der Waals surface area contributed by atoms with Gasteiger partial charge >= 0.3 is 0 Å². The van der Waals surface area contributed by atoms with Crippen LogP contribution in [0.2, 0.25) is 0 Å². The molecule has 0 spiro atoms. The molecule has 0 saturated heterocycles. The summed E-state index contributed by atoms with van der Waals surface area (Å²) in [5.74, 6) is 1.18. The normalized spacial score (nSPS) is 13.5. The van der Waals surface area contributed by atoms with Crippen LogP contribution in [0.1, 0.15) is 11.1 Å². The van der Waals surface area contributed by atoms with Crippen LogP contribution in [0.5, 0.6) is 0 Å². The summed E-state index contributed by atoms with van der Waals surface area (Å²) in [5, 5.41) is 0. The molecule has 3 heteroatoms. The van der Waals surface area contributed by atoms with E-state index in [0.717, 1.165) is 12.0 Å². The molecule has 1 aliphatic heterocycles. The number of isocyanates is 1. The summed E-state index contributed by atoms with van der Waals surface area (Å²) in [6.07, 6.45) is 2.72. The lowest BCUT2D eigenvalue weighted by atomic mass is 10.1. The summed E-state index contributed by atoms with van der Waals surface area (Å²) in [6.45, 7) is 0.456. The Hall–Kier alpha value is -1.05. The zero-order chi connectivity index (χ0) is 9.10. The molecule has 1 aliphatic rings. The Morgan fingerprint density at radius 1 is 1.54 bits per heavy atom. The zero-order valence-electron chi connectivity index (χ0n) is 7.12. The summed E-state index contributed by atoms with van der Waals surface area (Å²) >= 11 is 1.88. The van der Waals surface area contributed by atoms with Gasteiger partial charge < -0.3 is 0 Å². The molecule has 66 valence electrons. The van der Waals surface area contributed by atoms with Gasteiger partial charge in [0.25, 0.3) is 0 Å². The molecule has 13 heavy (non-hydrogen) atoms. The van der Waals surface area contributed by atoms with Crippen LogP contribution < -0.4 is 0 Å². The second-order valence-electron chi connectivity index (χ2n) is 2.95. The van der Waals surface area contributed by atoms with Crippen molar-refractivity contribution in [3.05, 3.63) is 29.3 Å². The smallest absolute Gasteiger partial charge is 0.211 e. The van der Waals surface area contributed by atoms with E-state index in [2.05, 4.69) is 17.1 Å². The molecule has 2 nitrogen and oxygen atoms in total. The molecule has 2 rings (SSSR count). The van der Waals surface area contributed by atoms with E-state index in [1.54, 1.807) is 6.08 Å². The minimum absolute atomic E-state index is 0.456. The van der Waals surface area contributed by atoms with Crippen molar-refractivity contribution < 1.29 is 4.79 Å². The third kappa shape index (κ3) is 1.82. The van der Waals surface area contributed by atoms with Crippen molar-refractivity contribution in [2.24, 2.45) is 4.99 Å². The van der Waals surface area contributed by atoms with Gasteiger partial charge in [0.2, 0.25) is 6.08 Å². The molecule has 1 heterocycles. The average Bonchev–Trinajstić information content (AvgIpc) is 2.61. The molecule has 0 fully saturated rings. The number of hydrogen-bond acceptors (Lipinski definition) is 3. The molecule has 0 radical (unpaired) electrons. The first-order valence-electron chi connectivity index (χ1n) is 4.18. The number of rotatable bonds is 2. The molecule has 0 bridgehead atoms. The molecule has 1 aromatic rings. The zero-order valence-corrected chi connectivity index (χ0v) is 7.93. The van der Waals surface area contributed by atoms with Crippen LogP contribution >= 0.6 is 11.8 Å². The highest BCUT2D eigenvalue weighted by molar-refractivity contribution is 7.99. The SMILES string of the molecule is O=C=NCc1ccc2c(c1)SCC2. The number of benzene rings is 1. The molecular formula is C10H9NOS. The van der Waals surface area contributed by atoms with Gasteiger partial charge in [0.15, 0.2) is 0 Å². The van der Waals surface area contributed by atoms with E-state index in [0.29, 0.717) is 6.54 Å². The van der Waals surface area contributed by atoms with Crippen LogP contribution in [0, 0.1) is 0 Å². The Morgan fingerprint density at radius 3 is 3.31 bits per heavy atom. The van der Waals surface area contributed by atoms with Crippen LogP contribution in [0.25, 0.3) is 0 Å². The maximum atomic E-state index is 9.92. The van der Waals surface area contributed by atoms with Gasteiger partial charge in [-0.05, 0) is 23.6 Å². The van der Waals surface area contributed by atoms with Crippen molar-refractivity contribution in [2.45, 2.75) is 17.9 Å². The van der Waals surface area contributed by atoms with Crippen molar-refractivity contribution in [1.82, 2.24) is 0 Å². The van der Waals surface area contributed by atoms with Gasteiger partial charge in [-0.25, -0.2) is 9.79 Å². The fourth-order valence-electron chi connectivity index (χ4n) is 1.43. The summed E-state index contributed by atoms with van der Waals surface area (Å²) in [5.41, 5.74) is 2.51. The summed E-state index contributed by atoms with van der Waals surface area (Å²) < 4.78 is 0. The second-order valence-corrected chi connectivity index (χ2v) is 4.08. The van der Waals surface area contributed by atoms with Gasteiger partial charge in [0.1, 0.15) is 0 Å². The predicted molar refractivity (Wildman–Crippen MR) is 52.7 cm³/mol. The van der Waals surface area contributed by atoms with Crippen molar-refractivity contribution in [3.8, 4) is 0 Å². The lowest BCUT2D eigenvalue weighted by molar-refractivity contribution is 0.563. The lowest BCUT2D eigenvalue weighted by Gasteiger charge is -1.99. The van der Waals surface area contributed by atoms with Gasteiger partial charge in [0.05, 0.1) is 6.54 Å². The van der Waals surface area contributed by atoms with Crippen LogP contribution in [0.15, 0.2) is 28.1 Å². The fourth-order valence-corrected chi connectivity index (χ4v) is 2.56. The van der Waals surface area contributed by atoms with E-state index < -0.39 is 0 Å². The minimum Gasteiger partial charge on any atom is -0.211 e. The average molecular weight is 191 g/mol. The predicted octanol–water partition coefficient (Wildman–Crippen LogP) is 2.17. The summed E-state index contributed by atoms with van der Waals surface area (Å²) in [4.78, 5) is 14.8. The van der Waals surface area contributed by atoms with Gasteiger partial charge in [-0.1, -0.05) is 12.1 Å². The van der Waals surface area contributed by atoms with Gasteiger partial charge in [-0.3, -0.25) is 0 Å². The van der Waals surface area contributed by atoms with Crippen LogP contribution in [0.3, 0.4) is 0 Å². The molecular weight excluding hydrogens is 182 g/mol. The quantitative estimate of drug-likeness (QED) is 0.529. The molecule has 0 N–H and O–H groups in total. The number of nitrogens with zero attached hydrogens (tertiary/aromatic N) is 1. The molecule has 1 aromatic carbocycles. The van der Waals surface area contributed by atoms with Crippen molar-refractivity contribution in [2.75, 3.05) is 5.75 Å². The molecule has 0 aliphatic carbocycles. The number of hydrogen-bond donors (Lipinski definition) is 0. The first-order valence-corrected chi connectivity index (χ1v) is 5.17. The monoisotopic (exact) mass is 191 g/mol. The van der Waals surface area contributed by atoms with Crippen LogP contribution in [-0.2, 0) is 17.8 Å². The van der Waals surface area contributed by atoms with E-state index in [-0.39, 0.29) is 0 Å². The van der Waals surface area contributed by atoms with Crippen molar-refractivity contribution >= 4 is 17.8 Å². The maximum Gasteiger partial charge on any atom is 0.235 e. The summed E-state index contributed by atoms with van der Waals surface area (Å²) in [6, 6.07) is 6.28. The topological polar surface area (TPSA) is 29.4 Å². The molecule has 0 saturated carbocycles. The largest absolute Gasteiger partial charge is 0.235 e. The Balaban J connectivity index is 2.25. The Labute approximate surface area is 81.1 Å². The number of aryl methyl sites for hydroxylation is 1. The summed E-state index contributed by atoms with van der Waals surface area (Å²) in [7, 11) is 0. The number of thioether (sulfide) groups is 1. The highest BCUT2D eigenvalue weighted by Crippen LogP contribution is 2.31. The van der Waals surface area contributed by atoms with Crippen molar-refractivity contribution in [3.63, 3.8) is 0 Å². The first kappa shape index (κ1) is 8.54. The van der Waals surface area contributed by atoms with Crippen LogP contribution in [0.4, 0.5) is 0 Å². The molecule has 0 atom stereocenters. The Kier molecular flexibility index (Phi) is 2.48. The number of fused-ring (bicyclic) bond motifs is 1. The Bertz CT molecular complexity index is 369. The molecule has 0 unspecified atom stereocenters. The van der Waals surface area contributed by atoms with Crippen molar-refractivity contribution in [1.29, 1.82) is 0 Å². The van der Waals surface area contributed by atoms with E-state index >= 15 is 0 Å². The number of carbonyl (C=O) groups excluding carboxylic acids is 1. The fraction of sp³-hybridized carbons (Fsp3) is 0.300. The standard InChI is InChI=1S/C10H9NOS/c12-7-11-6-8-1-2-9-3-4-13-10(9)5-8/h1-2,5H,3-4,6H2. The molecule has 0 aromatic heterocycles. The lowest BCUT2D eigenvalue weighted by Crippen LogP contribution is -1.84. The molecule has 0 amide bonds. The highest BCUT2D eigenvalue weighted by Gasteiger charge is 2.10. The van der Waals surface area contributed by atoms with Gasteiger partial charge in [0, 0.05) is 10.6 Å². The minimum atomic E-state index is 0.456. The van der Waals surface area contributed by atoms with E-state index in [1.807, 2.05) is 17.8 Å². The van der Waals surface area contributed by atoms with Crippen LogP contribution in [-0.4, -0.2) is 11.8 Å². The van der Waals surface area contributed by atoms with Gasteiger partial charge in [-0.15, -0.1) is 11.8 Å². The first-order chi connectivity index (χ1) is 6.40. The maximum absolute atomic E-state index is 9.92. The number of aliphatic imine (C=N–C) groups is 1. The highest BCUT2D eigenvalue weighted by atomic mass is 32.2.